The Morgan fingerprint density at radius 1 is 1.27 bits per heavy atom. The molecule has 0 aliphatic carbocycles. The molecule has 0 saturated carbocycles. The molecule has 4 amide bonds. The van der Waals surface area contributed by atoms with Crippen LogP contribution in [-0.4, -0.2) is 69.8 Å². The van der Waals surface area contributed by atoms with E-state index in [-0.39, 0.29) is 23.6 Å². The van der Waals surface area contributed by atoms with Crippen molar-refractivity contribution in [3.05, 3.63) is 18.1 Å². The SMILES string of the molecule is CC(C)CN1C(=O)N(C)C(=O)C12CCN(c1cncc(C(N)=O)n1)CC2. The van der Waals surface area contributed by atoms with E-state index < -0.39 is 11.4 Å². The third kappa shape index (κ3) is 2.87. The fourth-order valence-electron chi connectivity index (χ4n) is 3.71. The van der Waals surface area contributed by atoms with E-state index in [1.54, 1.807) is 18.1 Å². The van der Waals surface area contributed by atoms with E-state index in [9.17, 15) is 14.4 Å². The monoisotopic (exact) mass is 360 g/mol. The Balaban J connectivity index is 1.81. The molecule has 140 valence electrons. The standard InChI is InChI=1S/C17H24N6O3/c1-11(2)10-23-16(26)21(3)15(25)17(23)4-6-22(7-5-17)13-9-19-8-12(20-13)14(18)24/h8-9,11H,4-7,10H2,1-3H3,(H2,18,24). The molecule has 0 radical (unpaired) electrons. The fraction of sp³-hybridized carbons (Fsp3) is 0.588. The number of primary amides is 1. The lowest BCUT2D eigenvalue weighted by Crippen LogP contribution is -2.57. The van der Waals surface area contributed by atoms with Crippen LogP contribution in [0.3, 0.4) is 0 Å². The van der Waals surface area contributed by atoms with Crippen LogP contribution < -0.4 is 10.6 Å². The third-order valence-corrected chi connectivity index (χ3v) is 5.07. The quantitative estimate of drug-likeness (QED) is 0.781. The van der Waals surface area contributed by atoms with Crippen LogP contribution in [0.5, 0.6) is 0 Å². The second-order valence-electron chi connectivity index (χ2n) is 7.30. The molecular formula is C17H24N6O3. The Hall–Kier alpha value is -2.71. The van der Waals surface area contributed by atoms with Crippen molar-refractivity contribution in [1.29, 1.82) is 0 Å². The molecule has 0 unspecified atom stereocenters. The minimum Gasteiger partial charge on any atom is -0.364 e. The van der Waals surface area contributed by atoms with E-state index >= 15 is 0 Å². The summed E-state index contributed by atoms with van der Waals surface area (Å²) in [5, 5.41) is 0. The summed E-state index contributed by atoms with van der Waals surface area (Å²) in [5.41, 5.74) is 4.58. The molecule has 2 N–H and O–H groups in total. The van der Waals surface area contributed by atoms with E-state index in [1.165, 1.54) is 11.1 Å². The Morgan fingerprint density at radius 2 is 1.92 bits per heavy atom. The van der Waals surface area contributed by atoms with Crippen molar-refractivity contribution in [2.45, 2.75) is 32.2 Å². The molecule has 26 heavy (non-hydrogen) atoms. The smallest absolute Gasteiger partial charge is 0.327 e. The first-order valence-electron chi connectivity index (χ1n) is 8.73. The zero-order chi connectivity index (χ0) is 19.1. The van der Waals surface area contributed by atoms with Crippen molar-refractivity contribution >= 4 is 23.7 Å². The van der Waals surface area contributed by atoms with Gasteiger partial charge >= 0.3 is 6.03 Å². The molecule has 2 aliphatic heterocycles. The van der Waals surface area contributed by atoms with Crippen LogP contribution in [0.2, 0.25) is 0 Å². The van der Waals surface area contributed by atoms with Crippen molar-refractivity contribution in [1.82, 2.24) is 19.8 Å². The fourth-order valence-corrected chi connectivity index (χ4v) is 3.71. The average molecular weight is 360 g/mol. The van der Waals surface area contributed by atoms with Gasteiger partial charge in [-0.15, -0.1) is 0 Å². The number of amides is 4. The zero-order valence-electron chi connectivity index (χ0n) is 15.3. The van der Waals surface area contributed by atoms with Gasteiger partial charge in [-0.3, -0.25) is 19.5 Å². The minimum absolute atomic E-state index is 0.107. The zero-order valence-corrected chi connectivity index (χ0v) is 15.3. The van der Waals surface area contributed by atoms with Gasteiger partial charge in [0.1, 0.15) is 17.1 Å². The van der Waals surface area contributed by atoms with Gasteiger partial charge < -0.3 is 15.5 Å². The lowest BCUT2D eigenvalue weighted by molar-refractivity contribution is -0.133. The molecule has 9 heteroatoms. The van der Waals surface area contributed by atoms with Crippen LogP contribution in [0.4, 0.5) is 10.6 Å². The van der Waals surface area contributed by atoms with Gasteiger partial charge in [-0.25, -0.2) is 9.78 Å². The highest BCUT2D eigenvalue weighted by molar-refractivity contribution is 6.07. The predicted molar refractivity (Wildman–Crippen MR) is 94.4 cm³/mol. The number of rotatable bonds is 4. The molecular weight excluding hydrogens is 336 g/mol. The van der Waals surface area contributed by atoms with Crippen LogP contribution >= 0.6 is 0 Å². The van der Waals surface area contributed by atoms with Gasteiger partial charge in [0.15, 0.2) is 0 Å². The minimum atomic E-state index is -0.790. The topological polar surface area (TPSA) is 113 Å². The number of nitrogens with zero attached hydrogens (tertiary/aromatic N) is 5. The molecule has 1 aromatic rings. The number of nitrogens with two attached hydrogens (primary N) is 1. The van der Waals surface area contributed by atoms with Gasteiger partial charge in [-0.2, -0.15) is 0 Å². The van der Waals surface area contributed by atoms with Crippen LogP contribution in [0.15, 0.2) is 12.4 Å². The molecule has 2 fully saturated rings. The van der Waals surface area contributed by atoms with Gasteiger partial charge in [0.05, 0.1) is 12.4 Å². The predicted octanol–water partition coefficient (Wildman–Crippen LogP) is 0.465. The summed E-state index contributed by atoms with van der Waals surface area (Å²) >= 11 is 0. The Bertz CT molecular complexity index is 742. The third-order valence-electron chi connectivity index (χ3n) is 5.07. The van der Waals surface area contributed by atoms with Gasteiger partial charge in [0.25, 0.3) is 11.8 Å². The van der Waals surface area contributed by atoms with E-state index in [2.05, 4.69) is 9.97 Å². The molecule has 0 aromatic carbocycles. The molecule has 1 aromatic heterocycles. The average Bonchev–Trinajstić information content (AvgIpc) is 2.78. The number of aromatic nitrogens is 2. The molecule has 9 nitrogen and oxygen atoms in total. The summed E-state index contributed by atoms with van der Waals surface area (Å²) in [6.45, 7) is 5.69. The Kier molecular flexibility index (Phi) is 4.55. The highest BCUT2D eigenvalue weighted by Crippen LogP contribution is 2.38. The number of imide groups is 1. The second kappa shape index (κ2) is 6.54. The van der Waals surface area contributed by atoms with E-state index in [4.69, 9.17) is 5.73 Å². The van der Waals surface area contributed by atoms with Crippen molar-refractivity contribution in [3.63, 3.8) is 0 Å². The van der Waals surface area contributed by atoms with Crippen LogP contribution in [0.1, 0.15) is 37.2 Å². The largest absolute Gasteiger partial charge is 0.364 e. The number of carbonyl (C=O) groups excluding carboxylic acids is 3. The molecule has 0 bridgehead atoms. The first-order valence-corrected chi connectivity index (χ1v) is 8.73. The number of carbonyl (C=O) groups is 3. The molecule has 3 rings (SSSR count). The number of anilines is 1. The van der Waals surface area contributed by atoms with E-state index in [1.807, 2.05) is 18.7 Å². The number of likely N-dealkylation sites (N-methyl/N-ethyl adjacent to an activating group) is 1. The summed E-state index contributed by atoms with van der Waals surface area (Å²) in [4.78, 5) is 49.9. The van der Waals surface area contributed by atoms with Gasteiger partial charge in [-0.05, 0) is 18.8 Å². The first-order chi connectivity index (χ1) is 12.3. The molecule has 3 heterocycles. The molecule has 1 spiro atoms. The summed E-state index contributed by atoms with van der Waals surface area (Å²) < 4.78 is 0. The number of piperidine rings is 1. The highest BCUT2D eigenvalue weighted by Gasteiger charge is 2.56. The maximum Gasteiger partial charge on any atom is 0.327 e. The van der Waals surface area contributed by atoms with Crippen molar-refractivity contribution in [2.75, 3.05) is 31.6 Å². The van der Waals surface area contributed by atoms with Crippen molar-refractivity contribution in [2.24, 2.45) is 11.7 Å². The van der Waals surface area contributed by atoms with Crippen LogP contribution in [-0.2, 0) is 4.79 Å². The summed E-state index contributed by atoms with van der Waals surface area (Å²) in [6, 6.07) is -0.229. The summed E-state index contributed by atoms with van der Waals surface area (Å²) in [6.07, 6.45) is 3.92. The number of hydrogen-bond acceptors (Lipinski definition) is 6. The maximum atomic E-state index is 12.8. The molecule has 2 saturated heterocycles. The molecule has 2 aliphatic rings. The van der Waals surface area contributed by atoms with Gasteiger partial charge in [-0.1, -0.05) is 13.8 Å². The number of urea groups is 1. The first kappa shape index (κ1) is 18.1. The summed E-state index contributed by atoms with van der Waals surface area (Å²) in [5.74, 6) is 0.0526. The van der Waals surface area contributed by atoms with Crippen LogP contribution in [0.25, 0.3) is 0 Å². The lowest BCUT2D eigenvalue weighted by atomic mass is 9.85. The maximum absolute atomic E-state index is 12.8. The molecule has 0 atom stereocenters. The van der Waals surface area contributed by atoms with E-state index in [0.29, 0.717) is 38.3 Å². The summed E-state index contributed by atoms with van der Waals surface area (Å²) in [7, 11) is 1.54. The Labute approximate surface area is 152 Å². The van der Waals surface area contributed by atoms with E-state index in [0.717, 1.165) is 0 Å². The Morgan fingerprint density at radius 3 is 2.50 bits per heavy atom. The van der Waals surface area contributed by atoms with Gasteiger partial charge in [0.2, 0.25) is 0 Å². The normalized spacial score (nSPS) is 19.8. The van der Waals surface area contributed by atoms with Crippen LogP contribution in [0, 0.1) is 5.92 Å². The highest BCUT2D eigenvalue weighted by atomic mass is 16.2. The number of hydrogen-bond donors (Lipinski definition) is 1. The lowest BCUT2D eigenvalue weighted by Gasteiger charge is -2.43. The van der Waals surface area contributed by atoms with Crippen molar-refractivity contribution in [3.8, 4) is 0 Å². The van der Waals surface area contributed by atoms with Gasteiger partial charge in [0, 0.05) is 26.7 Å². The van der Waals surface area contributed by atoms with Crippen molar-refractivity contribution < 1.29 is 14.4 Å². The second-order valence-corrected chi connectivity index (χ2v) is 7.30.